The van der Waals surface area contributed by atoms with Crippen LogP contribution in [0.15, 0.2) is 53.3 Å². The van der Waals surface area contributed by atoms with Crippen LogP contribution in [-0.2, 0) is 16.0 Å². The fraction of sp³-hybridized carbons (Fsp3) is 0.350. The van der Waals surface area contributed by atoms with Crippen LogP contribution in [0.4, 0.5) is 0 Å². The fourth-order valence-electron chi connectivity index (χ4n) is 2.26. The van der Waals surface area contributed by atoms with Gasteiger partial charge in [-0.25, -0.2) is 4.99 Å². The summed E-state index contributed by atoms with van der Waals surface area (Å²) in [6.45, 7) is 6.69. The summed E-state index contributed by atoms with van der Waals surface area (Å²) < 4.78 is 5.76. The highest BCUT2D eigenvalue weighted by Gasteiger charge is 2.18. The number of hydrogen-bond acceptors (Lipinski definition) is 6. The van der Waals surface area contributed by atoms with Crippen molar-refractivity contribution in [2.24, 2.45) is 4.99 Å². The number of carbonyl (C=O) groups excluding carboxylic acids is 2. The molecule has 1 aromatic carbocycles. The number of nitrogens with one attached hydrogen (secondary N) is 1. The molecular weight excluding hydrogens is 362 g/mol. The molecule has 0 aliphatic heterocycles. The maximum atomic E-state index is 11.8. The van der Waals surface area contributed by atoms with Gasteiger partial charge in [0.05, 0.1) is 11.8 Å². The number of allylic oxidation sites excluding steroid dienone is 3. The maximum Gasteiger partial charge on any atom is 0.233 e. The van der Waals surface area contributed by atoms with Gasteiger partial charge in [-0.05, 0) is 43.8 Å². The number of thioether (sulfide) groups is 1. The zero-order valence-corrected chi connectivity index (χ0v) is 16.9. The molecule has 27 heavy (non-hydrogen) atoms. The van der Waals surface area contributed by atoms with Crippen LogP contribution in [0.3, 0.4) is 0 Å². The number of carbonyl (C=O) groups is 2. The number of hydrogen-bond donors (Lipinski definition) is 1. The van der Waals surface area contributed by atoms with Crippen LogP contribution in [0.1, 0.15) is 12.5 Å². The van der Waals surface area contributed by atoms with Gasteiger partial charge in [-0.2, -0.15) is 0 Å². The third-order valence-electron chi connectivity index (χ3n) is 3.79. The SMILES string of the molecule is C=N/C(=C\C=C/C)N(C)CCOc1ccc(CC(SC=O)C(=O)NC)cc1. The maximum absolute atomic E-state index is 11.8. The van der Waals surface area contributed by atoms with Crippen molar-refractivity contribution >= 4 is 30.0 Å². The average Bonchev–Trinajstić information content (AvgIpc) is 2.69. The summed E-state index contributed by atoms with van der Waals surface area (Å²) >= 11 is 0.982. The van der Waals surface area contributed by atoms with Crippen LogP contribution in [0.25, 0.3) is 0 Å². The summed E-state index contributed by atoms with van der Waals surface area (Å²) in [4.78, 5) is 28.5. The standard InChI is InChI=1S/C20H27N3O3S/c1-5-6-7-19(21-2)23(4)12-13-26-17-10-8-16(9-11-17)14-18(27-15-24)20(25)22-3/h5-11,15,18H,2,12-14H2,1,3-4H3,(H,22,25)/b6-5-,19-7+. The van der Waals surface area contributed by atoms with E-state index in [1.54, 1.807) is 7.05 Å². The van der Waals surface area contributed by atoms with Gasteiger partial charge in [-0.1, -0.05) is 36.0 Å². The highest BCUT2D eigenvalue weighted by Crippen LogP contribution is 2.18. The monoisotopic (exact) mass is 389 g/mol. The van der Waals surface area contributed by atoms with Gasteiger partial charge in [0.25, 0.3) is 0 Å². The molecule has 0 saturated heterocycles. The van der Waals surface area contributed by atoms with Crippen molar-refractivity contribution in [3.05, 3.63) is 53.9 Å². The topological polar surface area (TPSA) is 71.0 Å². The van der Waals surface area contributed by atoms with Crippen LogP contribution < -0.4 is 10.1 Å². The van der Waals surface area contributed by atoms with E-state index < -0.39 is 5.25 Å². The minimum Gasteiger partial charge on any atom is -0.492 e. The second kappa shape index (κ2) is 12.8. The van der Waals surface area contributed by atoms with Crippen molar-refractivity contribution in [1.82, 2.24) is 10.2 Å². The van der Waals surface area contributed by atoms with E-state index in [9.17, 15) is 9.59 Å². The lowest BCUT2D eigenvalue weighted by atomic mass is 10.1. The Morgan fingerprint density at radius 3 is 2.67 bits per heavy atom. The van der Waals surface area contributed by atoms with Crippen LogP contribution in [0.5, 0.6) is 5.75 Å². The van der Waals surface area contributed by atoms with Gasteiger partial charge < -0.3 is 15.0 Å². The van der Waals surface area contributed by atoms with Crippen LogP contribution in [-0.4, -0.2) is 55.6 Å². The van der Waals surface area contributed by atoms with Gasteiger partial charge >= 0.3 is 0 Å². The number of aliphatic imine (C=N–C) groups is 1. The third kappa shape index (κ3) is 8.13. The van der Waals surface area contributed by atoms with Crippen molar-refractivity contribution in [1.29, 1.82) is 0 Å². The highest BCUT2D eigenvalue weighted by molar-refractivity contribution is 8.13. The first-order valence-electron chi connectivity index (χ1n) is 8.59. The number of amides is 1. The summed E-state index contributed by atoms with van der Waals surface area (Å²) in [5.74, 6) is 1.37. The summed E-state index contributed by atoms with van der Waals surface area (Å²) in [5.41, 5.74) is 1.67. The molecule has 6 nitrogen and oxygen atoms in total. The molecule has 146 valence electrons. The van der Waals surface area contributed by atoms with Crippen molar-refractivity contribution in [2.75, 3.05) is 27.2 Å². The van der Waals surface area contributed by atoms with E-state index in [1.807, 2.05) is 61.4 Å². The summed E-state index contributed by atoms with van der Waals surface area (Å²) in [6, 6.07) is 7.54. The van der Waals surface area contributed by atoms with Crippen molar-refractivity contribution in [2.45, 2.75) is 18.6 Å². The van der Waals surface area contributed by atoms with E-state index in [0.29, 0.717) is 25.2 Å². The molecule has 0 radical (unpaired) electrons. The molecule has 1 amide bonds. The molecule has 0 bridgehead atoms. The first-order chi connectivity index (χ1) is 13.0. The lowest BCUT2D eigenvalue weighted by molar-refractivity contribution is -0.120. The van der Waals surface area contributed by atoms with Gasteiger partial charge in [0.2, 0.25) is 5.91 Å². The molecule has 0 spiro atoms. The lowest BCUT2D eigenvalue weighted by Crippen LogP contribution is -2.31. The number of ether oxygens (including phenoxy) is 1. The molecular formula is C20H27N3O3S. The molecule has 1 rings (SSSR count). The Morgan fingerprint density at radius 2 is 2.11 bits per heavy atom. The molecule has 1 N–H and O–H groups in total. The summed E-state index contributed by atoms with van der Waals surface area (Å²) in [5, 5.41) is 2.15. The minimum atomic E-state index is -0.429. The van der Waals surface area contributed by atoms with Crippen molar-refractivity contribution in [3.8, 4) is 5.75 Å². The first kappa shape index (κ1) is 22.5. The minimum absolute atomic E-state index is 0.159. The number of likely N-dealkylation sites (N-methyl/N-ethyl adjacent to an activating group) is 1. The molecule has 7 heteroatoms. The molecule has 1 aromatic rings. The molecule has 1 atom stereocenters. The second-order valence-electron chi connectivity index (χ2n) is 5.66. The lowest BCUT2D eigenvalue weighted by Gasteiger charge is -2.19. The predicted molar refractivity (Wildman–Crippen MR) is 113 cm³/mol. The van der Waals surface area contributed by atoms with Crippen LogP contribution >= 0.6 is 11.8 Å². The van der Waals surface area contributed by atoms with E-state index >= 15 is 0 Å². The molecule has 1 unspecified atom stereocenters. The van der Waals surface area contributed by atoms with Gasteiger partial charge in [0.15, 0.2) is 5.62 Å². The summed E-state index contributed by atoms with van der Waals surface area (Å²) in [6.07, 6.45) is 6.21. The molecule has 0 heterocycles. The number of nitrogens with zero attached hydrogens (tertiary/aromatic N) is 2. The first-order valence-corrected chi connectivity index (χ1v) is 9.53. The Balaban J connectivity index is 2.56. The Morgan fingerprint density at radius 1 is 1.41 bits per heavy atom. The number of rotatable bonds is 12. The molecule has 0 saturated carbocycles. The Labute approximate surface area is 165 Å². The number of benzene rings is 1. The third-order valence-corrected chi connectivity index (χ3v) is 4.61. The van der Waals surface area contributed by atoms with Crippen molar-refractivity contribution < 1.29 is 14.3 Å². The van der Waals surface area contributed by atoms with Gasteiger partial charge in [0.1, 0.15) is 18.2 Å². The van der Waals surface area contributed by atoms with E-state index in [2.05, 4.69) is 17.0 Å². The van der Waals surface area contributed by atoms with Gasteiger partial charge in [-0.3, -0.25) is 9.59 Å². The Kier molecular flexibility index (Phi) is 10.6. The molecule has 0 aromatic heterocycles. The van der Waals surface area contributed by atoms with E-state index in [4.69, 9.17) is 4.74 Å². The van der Waals surface area contributed by atoms with Crippen LogP contribution in [0.2, 0.25) is 0 Å². The van der Waals surface area contributed by atoms with E-state index in [0.717, 1.165) is 28.9 Å². The Hall–Kier alpha value is -2.54. The predicted octanol–water partition coefficient (Wildman–Crippen LogP) is 2.70. The van der Waals surface area contributed by atoms with E-state index in [1.165, 1.54) is 0 Å². The molecule has 0 aliphatic carbocycles. The largest absolute Gasteiger partial charge is 0.492 e. The van der Waals surface area contributed by atoms with Gasteiger partial charge in [-0.15, -0.1) is 0 Å². The van der Waals surface area contributed by atoms with Crippen molar-refractivity contribution in [3.63, 3.8) is 0 Å². The average molecular weight is 390 g/mol. The fourth-order valence-corrected chi connectivity index (χ4v) is 2.93. The smallest absolute Gasteiger partial charge is 0.233 e. The zero-order chi connectivity index (χ0) is 20.1. The molecule has 0 fully saturated rings. The zero-order valence-electron chi connectivity index (χ0n) is 16.1. The van der Waals surface area contributed by atoms with Gasteiger partial charge in [0, 0.05) is 14.1 Å². The normalized spacial score (nSPS) is 12.5. The quantitative estimate of drug-likeness (QED) is 0.338. The van der Waals surface area contributed by atoms with E-state index in [-0.39, 0.29) is 5.91 Å². The summed E-state index contributed by atoms with van der Waals surface area (Å²) in [7, 11) is 3.50. The Bertz CT molecular complexity index is 672. The molecule has 0 aliphatic rings. The van der Waals surface area contributed by atoms with Crippen LogP contribution in [0, 0.1) is 0 Å². The second-order valence-corrected chi connectivity index (χ2v) is 6.70. The highest BCUT2D eigenvalue weighted by atomic mass is 32.2.